The number of ether oxygens (including phenoxy) is 1. The molecule has 0 aliphatic carbocycles. The van der Waals surface area contributed by atoms with Gasteiger partial charge in [-0.3, -0.25) is 28.8 Å². The van der Waals surface area contributed by atoms with Crippen LogP contribution in [-0.4, -0.2) is 93.9 Å². The lowest BCUT2D eigenvalue weighted by Gasteiger charge is -2.27. The number of urea groups is 1. The maximum absolute atomic E-state index is 14.1. The largest absolute Gasteiger partial charge is 0.481 e. The van der Waals surface area contributed by atoms with Gasteiger partial charge in [0.2, 0.25) is 23.6 Å². The van der Waals surface area contributed by atoms with Gasteiger partial charge in [0.1, 0.15) is 29.8 Å². The van der Waals surface area contributed by atoms with Crippen LogP contribution in [0.15, 0.2) is 85.1 Å². The summed E-state index contributed by atoms with van der Waals surface area (Å²) in [4.78, 5) is 106. The van der Waals surface area contributed by atoms with Crippen molar-refractivity contribution in [2.24, 2.45) is 5.73 Å². The Balaban J connectivity index is 1.53. The van der Waals surface area contributed by atoms with Gasteiger partial charge in [-0.15, -0.1) is 0 Å². The van der Waals surface area contributed by atoms with E-state index in [1.165, 1.54) is 6.92 Å². The summed E-state index contributed by atoms with van der Waals surface area (Å²) in [6.45, 7) is 6.54. The first-order valence-corrected chi connectivity index (χ1v) is 20.0. The SMILES string of the molecule is CC(=O)c1ccc(NC(=O)NCCCC[C@H](NC(=O)C(Cc2c[nH]c3ccccc23)NC(=O)OC(C)(C)C)C(=O)NC(CC(=O)O)C(=O)NC(Cc2ccccc2)C(N)=O)cc1. The standard InChI is InChI=1S/C44H54N8O10/c1-26(53)28-17-19-30(20-18-28)48-42(60)46-21-11-10-16-33(39(57)51-36(24-37(54)55)41(59)50-34(38(45)56)22-27-12-6-5-7-13-27)49-40(58)35(52-43(61)62-44(2,3)4)23-29-25-47-32-15-9-8-14-31(29)32/h5-9,12-15,17-20,25,33-36,47H,10-11,16,21-24H2,1-4H3,(H2,45,56)(H,49,58)(H,50,59)(H,51,57)(H,52,61)(H,54,55)(H2,46,48,60)/t33-,34?,35?,36?/m0/s1. The minimum atomic E-state index is -1.70. The predicted octanol–water partition coefficient (Wildman–Crippen LogP) is 3.46. The number of ketones is 1. The molecule has 1 heterocycles. The second kappa shape index (κ2) is 22.4. The van der Waals surface area contributed by atoms with E-state index >= 15 is 0 Å². The molecule has 0 saturated carbocycles. The molecule has 0 radical (unpaired) electrons. The Bertz CT molecular complexity index is 2220. The number of carboxylic acids is 1. The zero-order chi connectivity index (χ0) is 45.4. The van der Waals surface area contributed by atoms with E-state index in [-0.39, 0.29) is 38.0 Å². The summed E-state index contributed by atoms with van der Waals surface area (Å²) in [6.07, 6.45) is 0.375. The zero-order valence-electron chi connectivity index (χ0n) is 35.0. The molecule has 62 heavy (non-hydrogen) atoms. The number of hydrogen-bond acceptors (Lipinski definition) is 9. The number of unbranched alkanes of at least 4 members (excludes halogenated alkanes) is 1. The number of nitrogens with one attached hydrogen (secondary N) is 7. The monoisotopic (exact) mass is 854 g/mol. The minimum absolute atomic E-state index is 0.00496. The molecule has 10 N–H and O–H groups in total. The Morgan fingerprint density at radius 1 is 0.726 bits per heavy atom. The number of anilines is 1. The second-order valence-electron chi connectivity index (χ2n) is 15.6. The highest BCUT2D eigenvalue weighted by Crippen LogP contribution is 2.20. The molecule has 3 unspecified atom stereocenters. The molecule has 0 spiro atoms. The van der Waals surface area contributed by atoms with Gasteiger partial charge in [-0.1, -0.05) is 48.5 Å². The van der Waals surface area contributed by atoms with Crippen LogP contribution in [0.25, 0.3) is 10.9 Å². The zero-order valence-corrected chi connectivity index (χ0v) is 35.0. The lowest BCUT2D eigenvalue weighted by molar-refractivity contribution is -0.141. The number of Topliss-reactive ketones (excluding diaryl/α,β-unsaturated/α-hetero) is 1. The van der Waals surface area contributed by atoms with Crippen LogP contribution in [0.4, 0.5) is 15.3 Å². The third-order valence-corrected chi connectivity index (χ3v) is 9.45. The fourth-order valence-electron chi connectivity index (χ4n) is 6.36. The van der Waals surface area contributed by atoms with Crippen molar-refractivity contribution < 1.29 is 48.2 Å². The summed E-state index contributed by atoms with van der Waals surface area (Å²) in [5, 5.41) is 26.0. The van der Waals surface area contributed by atoms with Crippen LogP contribution in [0, 0.1) is 0 Å². The molecular formula is C44H54N8O10. The number of carbonyl (C=O) groups is 8. The molecule has 0 bridgehead atoms. The van der Waals surface area contributed by atoms with Crippen molar-refractivity contribution in [2.45, 2.75) is 96.0 Å². The number of rotatable bonds is 21. The number of aliphatic carboxylic acids is 1. The fourth-order valence-corrected chi connectivity index (χ4v) is 6.36. The number of amides is 7. The fraction of sp³-hybridized carbons (Fsp3) is 0.364. The maximum atomic E-state index is 14.1. The third-order valence-electron chi connectivity index (χ3n) is 9.45. The van der Waals surface area contributed by atoms with Gasteiger partial charge in [0.15, 0.2) is 5.78 Å². The smallest absolute Gasteiger partial charge is 0.408 e. The molecular weight excluding hydrogens is 801 g/mol. The number of benzene rings is 3. The van der Waals surface area contributed by atoms with E-state index in [4.69, 9.17) is 10.5 Å². The number of aromatic nitrogens is 1. The number of carboxylic acid groups (broad SMARTS) is 1. The number of carbonyl (C=O) groups excluding carboxylic acids is 7. The van der Waals surface area contributed by atoms with Crippen LogP contribution in [0.5, 0.6) is 0 Å². The van der Waals surface area contributed by atoms with Crippen molar-refractivity contribution in [1.29, 1.82) is 0 Å². The van der Waals surface area contributed by atoms with Crippen LogP contribution in [0.2, 0.25) is 0 Å². The Labute approximate surface area is 358 Å². The van der Waals surface area contributed by atoms with Gasteiger partial charge in [-0.2, -0.15) is 0 Å². The molecule has 18 heteroatoms. The number of H-pyrrole nitrogens is 1. The topological polar surface area (TPSA) is 280 Å². The van der Waals surface area contributed by atoms with Crippen molar-refractivity contribution in [3.8, 4) is 0 Å². The third kappa shape index (κ3) is 15.4. The van der Waals surface area contributed by atoms with Crippen molar-refractivity contribution in [1.82, 2.24) is 31.6 Å². The van der Waals surface area contributed by atoms with Crippen molar-refractivity contribution in [3.63, 3.8) is 0 Å². The highest BCUT2D eigenvalue weighted by Gasteiger charge is 2.33. The van der Waals surface area contributed by atoms with Gasteiger partial charge in [0.25, 0.3) is 0 Å². The molecule has 4 rings (SSSR count). The van der Waals surface area contributed by atoms with Gasteiger partial charge < -0.3 is 52.5 Å². The molecule has 4 atom stereocenters. The molecule has 7 amide bonds. The highest BCUT2D eigenvalue weighted by molar-refractivity contribution is 5.97. The van der Waals surface area contributed by atoms with Crippen LogP contribution in [-0.2, 0) is 41.6 Å². The maximum Gasteiger partial charge on any atom is 0.408 e. The van der Waals surface area contributed by atoms with E-state index in [1.54, 1.807) is 81.6 Å². The number of primary amides is 1. The van der Waals surface area contributed by atoms with Crippen LogP contribution in [0.1, 0.15) is 74.9 Å². The average molecular weight is 855 g/mol. The van der Waals surface area contributed by atoms with Gasteiger partial charge in [-0.05, 0) is 88.4 Å². The van der Waals surface area contributed by atoms with Crippen LogP contribution < -0.4 is 37.6 Å². The first-order valence-electron chi connectivity index (χ1n) is 20.0. The molecule has 3 aromatic carbocycles. The molecule has 1 aromatic heterocycles. The van der Waals surface area contributed by atoms with Crippen molar-refractivity contribution in [3.05, 3.63) is 102 Å². The Kier molecular flexibility index (Phi) is 17.1. The van der Waals surface area contributed by atoms with Gasteiger partial charge in [0, 0.05) is 47.7 Å². The first-order chi connectivity index (χ1) is 29.4. The number of hydrogen-bond donors (Lipinski definition) is 9. The van der Waals surface area contributed by atoms with Gasteiger partial charge >= 0.3 is 18.1 Å². The van der Waals surface area contributed by atoms with E-state index in [9.17, 15) is 43.5 Å². The van der Waals surface area contributed by atoms with Crippen LogP contribution in [0.3, 0.4) is 0 Å². The highest BCUT2D eigenvalue weighted by atomic mass is 16.6. The van der Waals surface area contributed by atoms with Crippen molar-refractivity contribution >= 4 is 64.1 Å². The minimum Gasteiger partial charge on any atom is -0.481 e. The average Bonchev–Trinajstić information content (AvgIpc) is 3.61. The molecule has 0 aliphatic heterocycles. The number of nitrogens with two attached hydrogens (primary N) is 1. The normalized spacial score (nSPS) is 13.0. The van der Waals surface area contributed by atoms with E-state index in [0.717, 1.165) is 10.9 Å². The summed E-state index contributed by atoms with van der Waals surface area (Å²) in [6, 6.07) is 16.2. The van der Waals surface area contributed by atoms with Gasteiger partial charge in [0.05, 0.1) is 6.42 Å². The summed E-state index contributed by atoms with van der Waals surface area (Å²) in [7, 11) is 0. The van der Waals surface area contributed by atoms with Crippen molar-refractivity contribution in [2.75, 3.05) is 11.9 Å². The first kappa shape index (κ1) is 47.4. The summed E-state index contributed by atoms with van der Waals surface area (Å²) >= 11 is 0. The molecule has 0 aliphatic rings. The Morgan fingerprint density at radius 3 is 1.98 bits per heavy atom. The second-order valence-corrected chi connectivity index (χ2v) is 15.6. The Hall–Kier alpha value is -7.24. The quantitative estimate of drug-likeness (QED) is 0.0435. The summed E-state index contributed by atoms with van der Waals surface area (Å²) in [5.74, 6) is -5.17. The molecule has 0 saturated heterocycles. The number of fused-ring (bicyclic) bond motifs is 1. The van der Waals surface area contributed by atoms with E-state index in [1.807, 2.05) is 24.3 Å². The summed E-state index contributed by atoms with van der Waals surface area (Å²) < 4.78 is 5.44. The number of alkyl carbamates (subject to hydrolysis) is 1. The molecule has 0 fully saturated rings. The lowest BCUT2D eigenvalue weighted by atomic mass is 10.0. The summed E-state index contributed by atoms with van der Waals surface area (Å²) in [5.41, 5.74) is 7.74. The van der Waals surface area contributed by atoms with E-state index in [2.05, 4.69) is 36.9 Å². The molecule has 4 aromatic rings. The van der Waals surface area contributed by atoms with E-state index < -0.39 is 77.9 Å². The molecule has 18 nitrogen and oxygen atoms in total. The van der Waals surface area contributed by atoms with Gasteiger partial charge in [-0.25, -0.2) is 9.59 Å². The lowest BCUT2D eigenvalue weighted by Crippen LogP contribution is -2.59. The Morgan fingerprint density at radius 2 is 1.34 bits per heavy atom. The van der Waals surface area contributed by atoms with E-state index in [0.29, 0.717) is 28.8 Å². The predicted molar refractivity (Wildman–Crippen MR) is 230 cm³/mol. The number of para-hydroxylation sites is 1. The molecule has 330 valence electrons. The van der Waals surface area contributed by atoms with Crippen LogP contribution >= 0.6 is 0 Å². The number of aromatic amines is 1.